The summed E-state index contributed by atoms with van der Waals surface area (Å²) in [5.74, 6) is -1.13. The Balaban J connectivity index is 1.98. The van der Waals surface area contributed by atoms with E-state index >= 15 is 0 Å². The molecule has 3 rings (SSSR count). The monoisotopic (exact) mass is 397 g/mol. The number of benzene rings is 1. The Kier molecular flexibility index (Phi) is 4.92. The van der Waals surface area contributed by atoms with E-state index in [1.807, 2.05) is 0 Å². The van der Waals surface area contributed by atoms with Gasteiger partial charge in [0.15, 0.2) is 6.61 Å². The Morgan fingerprint density at radius 3 is 2.70 bits per heavy atom. The first kappa shape index (κ1) is 18.9. The highest BCUT2D eigenvalue weighted by Gasteiger charge is 2.31. The van der Waals surface area contributed by atoms with E-state index < -0.39 is 30.2 Å². The summed E-state index contributed by atoms with van der Waals surface area (Å²) in [6, 6.07) is 6.33. The highest BCUT2D eigenvalue weighted by molar-refractivity contribution is 7.20. The number of amides is 1. The van der Waals surface area contributed by atoms with Gasteiger partial charge in [0.2, 0.25) is 0 Å². The van der Waals surface area contributed by atoms with E-state index in [4.69, 9.17) is 4.74 Å². The number of halogens is 3. The molecule has 3 aromatic rings. The number of alkyl halides is 3. The predicted octanol–water partition coefficient (Wildman–Crippen LogP) is 3.32. The smallest absolute Gasteiger partial charge is 0.416 e. The van der Waals surface area contributed by atoms with Crippen LogP contribution in [0.5, 0.6) is 0 Å². The van der Waals surface area contributed by atoms with Crippen molar-refractivity contribution in [3.8, 4) is 5.69 Å². The summed E-state index contributed by atoms with van der Waals surface area (Å²) in [6.45, 7) is 1.28. The molecule has 0 aliphatic carbocycles. The van der Waals surface area contributed by atoms with Crippen LogP contribution in [-0.4, -0.2) is 35.3 Å². The van der Waals surface area contributed by atoms with Crippen LogP contribution >= 0.6 is 11.3 Å². The summed E-state index contributed by atoms with van der Waals surface area (Å²) in [4.78, 5) is 24.0. The van der Waals surface area contributed by atoms with E-state index in [0.29, 0.717) is 15.9 Å². The summed E-state index contributed by atoms with van der Waals surface area (Å²) in [7, 11) is 1.42. The zero-order chi connectivity index (χ0) is 19.8. The molecular formula is C17H14F3N3O3S. The predicted molar refractivity (Wildman–Crippen MR) is 93.0 cm³/mol. The largest absolute Gasteiger partial charge is 0.451 e. The second-order valence-electron chi connectivity index (χ2n) is 5.62. The molecule has 2 aromatic heterocycles. The van der Waals surface area contributed by atoms with Crippen molar-refractivity contribution >= 4 is 33.4 Å². The van der Waals surface area contributed by atoms with E-state index in [1.165, 1.54) is 23.9 Å². The fourth-order valence-corrected chi connectivity index (χ4v) is 3.49. The van der Waals surface area contributed by atoms with E-state index in [-0.39, 0.29) is 10.6 Å². The Morgan fingerprint density at radius 1 is 1.30 bits per heavy atom. The zero-order valence-electron chi connectivity index (χ0n) is 14.3. The van der Waals surface area contributed by atoms with Crippen molar-refractivity contribution in [3.05, 3.63) is 46.5 Å². The van der Waals surface area contributed by atoms with Crippen LogP contribution in [-0.2, 0) is 15.7 Å². The lowest BCUT2D eigenvalue weighted by molar-refractivity contribution is -0.137. The molecule has 27 heavy (non-hydrogen) atoms. The number of nitrogens with one attached hydrogen (secondary N) is 1. The number of aromatic nitrogens is 2. The Labute approximate surface area is 155 Å². The molecule has 0 saturated heterocycles. The Bertz CT molecular complexity index is 1020. The van der Waals surface area contributed by atoms with Crippen LogP contribution in [0, 0.1) is 6.92 Å². The highest BCUT2D eigenvalue weighted by atomic mass is 32.1. The quantitative estimate of drug-likeness (QED) is 0.686. The standard InChI is InChI=1S/C17H14F3N3O3S/c1-9-12-7-13(16(25)26-8-14(24)21-2)27-15(12)23(22-9)11-5-3-4-10(6-11)17(18,19)20/h3-7H,8H2,1-2H3,(H,21,24). The molecule has 2 heterocycles. The van der Waals surface area contributed by atoms with Crippen molar-refractivity contribution in [1.82, 2.24) is 15.1 Å². The Morgan fingerprint density at radius 2 is 2.04 bits per heavy atom. The third-order valence-electron chi connectivity index (χ3n) is 3.78. The van der Waals surface area contributed by atoms with E-state index in [1.54, 1.807) is 13.0 Å². The first-order chi connectivity index (χ1) is 12.7. The van der Waals surface area contributed by atoms with Crippen molar-refractivity contribution < 1.29 is 27.5 Å². The molecule has 1 N–H and O–H groups in total. The summed E-state index contributed by atoms with van der Waals surface area (Å²) in [6.07, 6.45) is -4.47. The average molecular weight is 397 g/mol. The van der Waals surface area contributed by atoms with Crippen LogP contribution in [0.25, 0.3) is 15.9 Å². The summed E-state index contributed by atoms with van der Waals surface area (Å²) >= 11 is 1.03. The molecule has 6 nitrogen and oxygen atoms in total. The number of carbonyl (C=O) groups excluding carboxylic acids is 2. The van der Waals surface area contributed by atoms with Gasteiger partial charge in [0.05, 0.1) is 16.9 Å². The number of thiophene rings is 1. The molecule has 0 aliphatic rings. The first-order valence-corrected chi connectivity index (χ1v) is 8.57. The lowest BCUT2D eigenvalue weighted by Gasteiger charge is -2.09. The highest BCUT2D eigenvalue weighted by Crippen LogP contribution is 2.33. The number of carbonyl (C=O) groups is 2. The number of nitrogens with zero attached hydrogens (tertiary/aromatic N) is 2. The molecule has 10 heteroatoms. The molecule has 0 spiro atoms. The molecule has 0 atom stereocenters. The number of hydrogen-bond acceptors (Lipinski definition) is 5. The van der Waals surface area contributed by atoms with Crippen LogP contribution in [0.1, 0.15) is 20.9 Å². The average Bonchev–Trinajstić information content (AvgIpc) is 3.19. The maximum Gasteiger partial charge on any atom is 0.416 e. The van der Waals surface area contributed by atoms with Gasteiger partial charge in [-0.1, -0.05) is 6.07 Å². The molecule has 0 fully saturated rings. The molecule has 0 bridgehead atoms. The maximum absolute atomic E-state index is 13.0. The minimum absolute atomic E-state index is 0.232. The van der Waals surface area contributed by atoms with Crippen molar-refractivity contribution in [3.63, 3.8) is 0 Å². The van der Waals surface area contributed by atoms with Crippen LogP contribution in [0.3, 0.4) is 0 Å². The van der Waals surface area contributed by atoms with Gasteiger partial charge in [-0.3, -0.25) is 4.79 Å². The van der Waals surface area contributed by atoms with Crippen LogP contribution < -0.4 is 5.32 Å². The van der Waals surface area contributed by atoms with Crippen molar-refractivity contribution in [1.29, 1.82) is 0 Å². The van der Waals surface area contributed by atoms with Gasteiger partial charge in [0.1, 0.15) is 9.71 Å². The summed E-state index contributed by atoms with van der Waals surface area (Å²) in [5.41, 5.74) is 0.00198. The van der Waals surface area contributed by atoms with Crippen LogP contribution in [0.4, 0.5) is 13.2 Å². The second kappa shape index (κ2) is 7.03. The fraction of sp³-hybridized carbons (Fsp3) is 0.235. The minimum Gasteiger partial charge on any atom is -0.451 e. The molecule has 142 valence electrons. The van der Waals surface area contributed by atoms with E-state index in [9.17, 15) is 22.8 Å². The normalized spacial score (nSPS) is 11.6. The topological polar surface area (TPSA) is 73.2 Å². The molecular weight excluding hydrogens is 383 g/mol. The number of likely N-dealkylation sites (N-methyl/N-ethyl adjacent to an activating group) is 1. The fourth-order valence-electron chi connectivity index (χ4n) is 2.41. The van der Waals surface area contributed by atoms with Gasteiger partial charge >= 0.3 is 12.1 Å². The molecule has 0 aliphatic heterocycles. The number of fused-ring (bicyclic) bond motifs is 1. The van der Waals surface area contributed by atoms with Gasteiger partial charge in [0.25, 0.3) is 5.91 Å². The molecule has 0 unspecified atom stereocenters. The van der Waals surface area contributed by atoms with Gasteiger partial charge in [-0.25, -0.2) is 9.48 Å². The van der Waals surface area contributed by atoms with Crippen molar-refractivity contribution in [2.75, 3.05) is 13.7 Å². The molecule has 0 radical (unpaired) electrons. The van der Waals surface area contributed by atoms with Crippen LogP contribution in [0.2, 0.25) is 0 Å². The van der Waals surface area contributed by atoms with Crippen molar-refractivity contribution in [2.45, 2.75) is 13.1 Å². The van der Waals surface area contributed by atoms with Gasteiger partial charge in [-0.05, 0) is 31.2 Å². The van der Waals surface area contributed by atoms with Gasteiger partial charge in [-0.15, -0.1) is 11.3 Å². The third-order valence-corrected chi connectivity index (χ3v) is 4.87. The van der Waals surface area contributed by atoms with Gasteiger partial charge in [-0.2, -0.15) is 18.3 Å². The van der Waals surface area contributed by atoms with Crippen molar-refractivity contribution in [2.24, 2.45) is 0 Å². The lowest BCUT2D eigenvalue weighted by Crippen LogP contribution is -2.24. The number of esters is 1. The van der Waals surface area contributed by atoms with Crippen LogP contribution in [0.15, 0.2) is 30.3 Å². The molecule has 1 amide bonds. The van der Waals surface area contributed by atoms with E-state index in [0.717, 1.165) is 23.5 Å². The second-order valence-corrected chi connectivity index (χ2v) is 6.65. The summed E-state index contributed by atoms with van der Waals surface area (Å²) in [5, 5.41) is 7.24. The number of hydrogen-bond donors (Lipinski definition) is 1. The van der Waals surface area contributed by atoms with Gasteiger partial charge in [0, 0.05) is 12.4 Å². The maximum atomic E-state index is 13.0. The lowest BCUT2D eigenvalue weighted by atomic mass is 10.2. The number of aryl methyl sites for hydroxylation is 1. The third kappa shape index (κ3) is 3.80. The number of ether oxygens (including phenoxy) is 1. The van der Waals surface area contributed by atoms with E-state index in [2.05, 4.69) is 10.4 Å². The SMILES string of the molecule is CNC(=O)COC(=O)c1cc2c(C)nn(-c3cccc(C(F)(F)F)c3)c2s1. The molecule has 1 aromatic carbocycles. The summed E-state index contributed by atoms with van der Waals surface area (Å²) < 4.78 is 45.2. The first-order valence-electron chi connectivity index (χ1n) is 7.75. The molecule has 0 saturated carbocycles. The minimum atomic E-state index is -4.47. The Hall–Kier alpha value is -2.88. The van der Waals surface area contributed by atoms with Gasteiger partial charge < -0.3 is 10.1 Å². The number of rotatable bonds is 4. The zero-order valence-corrected chi connectivity index (χ0v) is 15.1.